The average molecular weight is 258 g/mol. The molecule has 2 aliphatic rings. The van der Waals surface area contributed by atoms with Gasteiger partial charge in [-0.05, 0) is 58.3 Å². The molecule has 1 N–H and O–H groups in total. The van der Waals surface area contributed by atoms with Crippen LogP contribution in [0.1, 0.15) is 37.8 Å². The minimum absolute atomic E-state index is 0.205. The summed E-state index contributed by atoms with van der Waals surface area (Å²) in [4.78, 5) is 14.9. The van der Waals surface area contributed by atoms with Crippen LogP contribution in [0, 0.1) is 6.92 Å². The Bertz CT molecular complexity index is 513. The van der Waals surface area contributed by atoms with Crippen LogP contribution < -0.4 is 5.32 Å². The van der Waals surface area contributed by atoms with Crippen LogP contribution >= 0.6 is 0 Å². The van der Waals surface area contributed by atoms with Gasteiger partial charge in [0.05, 0.1) is 5.41 Å². The van der Waals surface area contributed by atoms with Crippen LogP contribution in [0.3, 0.4) is 0 Å². The van der Waals surface area contributed by atoms with E-state index < -0.39 is 0 Å². The van der Waals surface area contributed by atoms with Gasteiger partial charge in [0.15, 0.2) is 0 Å². The van der Waals surface area contributed by atoms with Gasteiger partial charge in [0.2, 0.25) is 5.91 Å². The van der Waals surface area contributed by atoms with Crippen LogP contribution in [0.5, 0.6) is 0 Å². The van der Waals surface area contributed by atoms with Crippen LogP contribution in [0.4, 0.5) is 5.69 Å². The number of benzene rings is 1. The summed E-state index contributed by atoms with van der Waals surface area (Å²) >= 11 is 0. The lowest BCUT2D eigenvalue weighted by Crippen LogP contribution is -2.48. The molecular weight excluding hydrogens is 236 g/mol. The molecule has 1 aromatic rings. The van der Waals surface area contributed by atoms with Gasteiger partial charge in [-0.25, -0.2) is 0 Å². The zero-order valence-corrected chi connectivity index (χ0v) is 12.0. The number of amides is 1. The van der Waals surface area contributed by atoms with Crippen molar-refractivity contribution in [2.75, 3.05) is 18.4 Å². The van der Waals surface area contributed by atoms with E-state index in [0.717, 1.165) is 31.6 Å². The van der Waals surface area contributed by atoms with Crippen molar-refractivity contribution in [2.45, 2.75) is 45.1 Å². The number of piperidine rings is 1. The number of nitrogens with one attached hydrogen (secondary N) is 1. The Balaban J connectivity index is 1.94. The average Bonchev–Trinajstić information content (AvgIpc) is 2.64. The highest BCUT2D eigenvalue weighted by molar-refractivity contribution is 6.06. The highest BCUT2D eigenvalue weighted by atomic mass is 16.2. The lowest BCUT2D eigenvalue weighted by molar-refractivity contribution is -0.122. The van der Waals surface area contributed by atoms with Gasteiger partial charge in [-0.1, -0.05) is 17.7 Å². The predicted molar refractivity (Wildman–Crippen MR) is 77.4 cm³/mol. The number of hydrogen-bond acceptors (Lipinski definition) is 2. The first kappa shape index (κ1) is 12.7. The summed E-state index contributed by atoms with van der Waals surface area (Å²) in [6, 6.07) is 6.88. The normalized spacial score (nSPS) is 21.8. The van der Waals surface area contributed by atoms with Gasteiger partial charge in [0.25, 0.3) is 0 Å². The first-order valence-electron chi connectivity index (χ1n) is 7.19. The Kier molecular flexibility index (Phi) is 2.90. The molecule has 19 heavy (non-hydrogen) atoms. The number of carbonyl (C=O) groups is 1. The van der Waals surface area contributed by atoms with E-state index in [1.165, 1.54) is 11.1 Å². The monoisotopic (exact) mass is 258 g/mol. The van der Waals surface area contributed by atoms with Gasteiger partial charge >= 0.3 is 0 Å². The zero-order chi connectivity index (χ0) is 13.6. The summed E-state index contributed by atoms with van der Waals surface area (Å²) in [6.45, 7) is 8.58. The molecule has 1 aromatic carbocycles. The molecule has 0 aliphatic carbocycles. The zero-order valence-electron chi connectivity index (χ0n) is 12.0. The number of aryl methyl sites for hydroxylation is 1. The summed E-state index contributed by atoms with van der Waals surface area (Å²) in [5, 5.41) is 3.07. The molecule has 102 valence electrons. The summed E-state index contributed by atoms with van der Waals surface area (Å²) in [6.07, 6.45) is 1.88. The van der Waals surface area contributed by atoms with E-state index in [-0.39, 0.29) is 11.3 Å². The van der Waals surface area contributed by atoms with Crippen LogP contribution in [0.15, 0.2) is 18.2 Å². The standard InChI is InChI=1S/C16H22N2O/c1-11(2)18-8-6-16(7-9-18)13-10-12(3)4-5-14(13)17-15(16)19/h4-5,10-11H,6-9H2,1-3H3,(H,17,19). The van der Waals surface area contributed by atoms with Crippen molar-refractivity contribution >= 4 is 11.6 Å². The van der Waals surface area contributed by atoms with Gasteiger partial charge in [0, 0.05) is 11.7 Å². The maximum absolute atomic E-state index is 12.5. The fourth-order valence-electron chi connectivity index (χ4n) is 3.45. The summed E-state index contributed by atoms with van der Waals surface area (Å²) < 4.78 is 0. The number of carbonyl (C=O) groups excluding carboxylic acids is 1. The van der Waals surface area contributed by atoms with Crippen molar-refractivity contribution in [3.05, 3.63) is 29.3 Å². The SMILES string of the molecule is Cc1ccc2c(c1)C1(CCN(C(C)C)CC1)C(=O)N2. The van der Waals surface area contributed by atoms with Gasteiger partial charge in [0.1, 0.15) is 0 Å². The van der Waals surface area contributed by atoms with Crippen LogP contribution in [0.25, 0.3) is 0 Å². The highest BCUT2D eigenvalue weighted by Gasteiger charge is 2.48. The highest BCUT2D eigenvalue weighted by Crippen LogP contribution is 2.45. The maximum Gasteiger partial charge on any atom is 0.235 e. The van der Waals surface area contributed by atoms with Crippen molar-refractivity contribution in [3.8, 4) is 0 Å². The summed E-state index contributed by atoms with van der Waals surface area (Å²) in [7, 11) is 0. The molecule has 3 nitrogen and oxygen atoms in total. The van der Waals surface area contributed by atoms with E-state index in [1.807, 2.05) is 6.07 Å². The minimum Gasteiger partial charge on any atom is -0.325 e. The number of nitrogens with zero attached hydrogens (tertiary/aromatic N) is 1. The van der Waals surface area contributed by atoms with E-state index in [0.29, 0.717) is 6.04 Å². The Morgan fingerprint density at radius 2 is 1.95 bits per heavy atom. The third-order valence-electron chi connectivity index (χ3n) is 4.76. The van der Waals surface area contributed by atoms with Gasteiger partial charge in [-0.2, -0.15) is 0 Å². The quantitative estimate of drug-likeness (QED) is 0.840. The second kappa shape index (κ2) is 4.34. The van der Waals surface area contributed by atoms with Gasteiger partial charge in [-0.15, -0.1) is 0 Å². The second-order valence-electron chi connectivity index (χ2n) is 6.21. The van der Waals surface area contributed by atoms with Crippen LogP contribution in [-0.4, -0.2) is 29.9 Å². The Labute approximate surface area is 115 Å². The molecule has 3 heteroatoms. The first-order valence-corrected chi connectivity index (χ1v) is 7.19. The lowest BCUT2D eigenvalue weighted by Gasteiger charge is -2.39. The molecule has 1 saturated heterocycles. The molecule has 0 atom stereocenters. The van der Waals surface area contributed by atoms with Crippen molar-refractivity contribution < 1.29 is 4.79 Å². The second-order valence-corrected chi connectivity index (χ2v) is 6.21. The predicted octanol–water partition coefficient (Wildman–Crippen LogP) is 2.69. The molecule has 1 fully saturated rings. The molecule has 1 amide bonds. The Hall–Kier alpha value is -1.35. The molecule has 0 aromatic heterocycles. The number of rotatable bonds is 1. The third-order valence-corrected chi connectivity index (χ3v) is 4.76. The third kappa shape index (κ3) is 1.88. The minimum atomic E-state index is -0.271. The van der Waals surface area contributed by atoms with E-state index in [4.69, 9.17) is 0 Å². The Morgan fingerprint density at radius 3 is 2.58 bits per heavy atom. The smallest absolute Gasteiger partial charge is 0.235 e. The molecule has 0 unspecified atom stereocenters. The summed E-state index contributed by atoms with van der Waals surface area (Å²) in [5.41, 5.74) is 3.21. The number of anilines is 1. The van der Waals surface area contributed by atoms with Crippen molar-refractivity contribution in [2.24, 2.45) is 0 Å². The van der Waals surface area contributed by atoms with E-state index in [2.05, 4.69) is 43.1 Å². The fraction of sp³-hybridized carbons (Fsp3) is 0.562. The molecule has 3 rings (SSSR count). The van der Waals surface area contributed by atoms with Gasteiger partial charge in [-0.3, -0.25) is 4.79 Å². The van der Waals surface area contributed by atoms with E-state index in [9.17, 15) is 4.79 Å². The fourth-order valence-corrected chi connectivity index (χ4v) is 3.45. The molecule has 0 saturated carbocycles. The van der Waals surface area contributed by atoms with E-state index >= 15 is 0 Å². The molecule has 0 bridgehead atoms. The molecule has 1 spiro atoms. The number of likely N-dealkylation sites (tertiary alicyclic amines) is 1. The Morgan fingerprint density at radius 1 is 1.26 bits per heavy atom. The van der Waals surface area contributed by atoms with Gasteiger partial charge < -0.3 is 10.2 Å². The van der Waals surface area contributed by atoms with Crippen molar-refractivity contribution in [1.29, 1.82) is 0 Å². The largest absolute Gasteiger partial charge is 0.325 e. The number of hydrogen-bond donors (Lipinski definition) is 1. The molecule has 2 aliphatic heterocycles. The molecule has 2 heterocycles. The van der Waals surface area contributed by atoms with Crippen LogP contribution in [0.2, 0.25) is 0 Å². The van der Waals surface area contributed by atoms with Crippen LogP contribution in [-0.2, 0) is 10.2 Å². The topological polar surface area (TPSA) is 32.3 Å². The molecular formula is C16H22N2O. The maximum atomic E-state index is 12.5. The lowest BCUT2D eigenvalue weighted by atomic mass is 9.73. The first-order chi connectivity index (χ1) is 9.03. The van der Waals surface area contributed by atoms with Crippen molar-refractivity contribution in [3.63, 3.8) is 0 Å². The van der Waals surface area contributed by atoms with E-state index in [1.54, 1.807) is 0 Å². The molecule has 0 radical (unpaired) electrons. The summed E-state index contributed by atoms with van der Waals surface area (Å²) in [5.74, 6) is 0.205. The van der Waals surface area contributed by atoms with Crippen molar-refractivity contribution in [1.82, 2.24) is 4.90 Å². The number of fused-ring (bicyclic) bond motifs is 2.